The lowest BCUT2D eigenvalue weighted by atomic mass is 10.2. The molecular formula is C19H22BrN3O2. The maximum Gasteiger partial charge on any atom is 0.339 e. The van der Waals surface area contributed by atoms with E-state index in [1.807, 2.05) is 49.4 Å². The summed E-state index contributed by atoms with van der Waals surface area (Å²) in [4.78, 5) is 11.8. The number of carbonyl (C=O) groups is 1. The van der Waals surface area contributed by atoms with Gasteiger partial charge < -0.3 is 10.1 Å². The van der Waals surface area contributed by atoms with Crippen LogP contribution in [0.2, 0.25) is 0 Å². The molecule has 25 heavy (non-hydrogen) atoms. The van der Waals surface area contributed by atoms with Crippen LogP contribution < -0.4 is 15.5 Å². The Morgan fingerprint density at radius 3 is 2.60 bits per heavy atom. The minimum absolute atomic E-state index is 0.394. The van der Waals surface area contributed by atoms with Gasteiger partial charge in [0.2, 0.25) is 0 Å². The van der Waals surface area contributed by atoms with Gasteiger partial charge in [0, 0.05) is 10.2 Å². The van der Waals surface area contributed by atoms with Gasteiger partial charge in [-0.2, -0.15) is 5.10 Å². The first-order valence-corrected chi connectivity index (χ1v) is 8.82. The van der Waals surface area contributed by atoms with Crippen LogP contribution in [0.25, 0.3) is 0 Å². The minimum atomic E-state index is -0.394. The normalized spacial score (nSPS) is 10.9. The van der Waals surface area contributed by atoms with E-state index in [2.05, 4.69) is 45.6 Å². The van der Waals surface area contributed by atoms with Crippen molar-refractivity contribution in [3.05, 3.63) is 58.1 Å². The number of hydrazone groups is 1. The molecule has 0 unspecified atom stereocenters. The van der Waals surface area contributed by atoms with Crippen molar-refractivity contribution in [3.63, 3.8) is 0 Å². The molecule has 0 aliphatic carbocycles. The highest BCUT2D eigenvalue weighted by molar-refractivity contribution is 9.10. The maximum atomic E-state index is 11.8. The minimum Gasteiger partial charge on any atom is -0.493 e. The number of rotatable bonds is 6. The van der Waals surface area contributed by atoms with E-state index in [0.29, 0.717) is 18.2 Å². The van der Waals surface area contributed by atoms with Crippen molar-refractivity contribution in [2.75, 3.05) is 11.9 Å². The molecule has 2 N–H and O–H groups in total. The second-order valence-corrected chi connectivity index (χ2v) is 6.92. The Morgan fingerprint density at radius 1 is 1.24 bits per heavy atom. The first-order chi connectivity index (χ1) is 11.9. The van der Waals surface area contributed by atoms with Gasteiger partial charge in [-0.3, -0.25) is 0 Å². The molecule has 2 rings (SSSR count). The fraction of sp³-hybridized carbons (Fsp3) is 0.263. The molecule has 0 aliphatic heterocycles. The quantitative estimate of drug-likeness (QED) is 0.529. The molecular weight excluding hydrogens is 382 g/mol. The molecule has 0 aromatic heterocycles. The molecule has 2 aromatic carbocycles. The predicted molar refractivity (Wildman–Crippen MR) is 105 cm³/mol. The highest BCUT2D eigenvalue weighted by Gasteiger charge is 2.02. The Kier molecular flexibility index (Phi) is 7.01. The van der Waals surface area contributed by atoms with Crippen molar-refractivity contribution in [3.8, 4) is 5.75 Å². The molecule has 5 nitrogen and oxygen atoms in total. The van der Waals surface area contributed by atoms with Crippen molar-refractivity contribution in [2.24, 2.45) is 11.0 Å². The van der Waals surface area contributed by atoms with Gasteiger partial charge in [-0.15, -0.1) is 0 Å². The van der Waals surface area contributed by atoms with Crippen LogP contribution in [0.3, 0.4) is 0 Å². The molecule has 0 fully saturated rings. The zero-order valence-corrected chi connectivity index (χ0v) is 16.1. The maximum absolute atomic E-state index is 11.8. The molecule has 2 amide bonds. The number of nitrogens with one attached hydrogen (secondary N) is 2. The molecule has 0 radical (unpaired) electrons. The van der Waals surface area contributed by atoms with Crippen LogP contribution in [0.4, 0.5) is 10.5 Å². The second-order valence-electron chi connectivity index (χ2n) is 6.06. The Bertz CT molecular complexity index is 743. The van der Waals surface area contributed by atoms with Gasteiger partial charge in [-0.1, -0.05) is 29.8 Å². The highest BCUT2D eigenvalue weighted by atomic mass is 79.9. The van der Waals surface area contributed by atoms with Gasteiger partial charge in [0.15, 0.2) is 0 Å². The van der Waals surface area contributed by atoms with E-state index in [9.17, 15) is 4.79 Å². The van der Waals surface area contributed by atoms with Crippen LogP contribution in [0.15, 0.2) is 52.0 Å². The third kappa shape index (κ3) is 6.58. The Hall–Kier alpha value is -2.34. The lowest BCUT2D eigenvalue weighted by Crippen LogP contribution is -2.24. The largest absolute Gasteiger partial charge is 0.493 e. The van der Waals surface area contributed by atoms with Crippen molar-refractivity contribution in [1.29, 1.82) is 0 Å². The smallest absolute Gasteiger partial charge is 0.339 e. The van der Waals surface area contributed by atoms with Crippen LogP contribution in [0, 0.1) is 12.8 Å². The number of aryl methyl sites for hydroxylation is 1. The van der Waals surface area contributed by atoms with Gasteiger partial charge in [0.1, 0.15) is 5.75 Å². The van der Waals surface area contributed by atoms with E-state index in [1.165, 1.54) is 0 Å². The number of ether oxygens (including phenoxy) is 1. The first-order valence-electron chi connectivity index (χ1n) is 8.03. The van der Waals surface area contributed by atoms with Gasteiger partial charge in [-0.25, -0.2) is 10.2 Å². The number of hydrogen-bond acceptors (Lipinski definition) is 3. The number of carbonyl (C=O) groups excluding carboxylic acids is 1. The molecule has 2 aromatic rings. The summed E-state index contributed by atoms with van der Waals surface area (Å²) in [6.07, 6.45) is 1.58. The summed E-state index contributed by atoms with van der Waals surface area (Å²) in [6.45, 7) is 6.85. The highest BCUT2D eigenvalue weighted by Crippen LogP contribution is 2.19. The summed E-state index contributed by atoms with van der Waals surface area (Å²) in [5.74, 6) is 1.31. The molecule has 0 heterocycles. The molecule has 0 saturated heterocycles. The molecule has 0 spiro atoms. The Morgan fingerprint density at radius 2 is 1.96 bits per heavy atom. The summed E-state index contributed by atoms with van der Waals surface area (Å²) in [5, 5.41) is 6.67. The van der Waals surface area contributed by atoms with E-state index < -0.39 is 6.03 Å². The SMILES string of the molecule is Cc1cc(NC(=O)N/N=C/c2ccc(OCC(C)C)cc2)ccc1Br. The lowest BCUT2D eigenvalue weighted by Gasteiger charge is -2.08. The molecule has 0 bridgehead atoms. The standard InChI is InChI=1S/C19H22BrN3O2/c1-13(2)12-25-17-7-4-15(5-8-17)11-21-23-19(24)22-16-6-9-18(20)14(3)10-16/h4-11,13H,12H2,1-3H3,(H2,22,23,24)/b21-11+. The number of amides is 2. The predicted octanol–water partition coefficient (Wildman–Crippen LogP) is 4.95. The fourth-order valence-corrected chi connectivity index (χ4v) is 2.21. The number of nitrogens with zero attached hydrogens (tertiary/aromatic N) is 1. The molecule has 0 aliphatic rings. The third-order valence-electron chi connectivity index (χ3n) is 3.26. The van der Waals surface area contributed by atoms with E-state index in [-0.39, 0.29) is 0 Å². The zero-order chi connectivity index (χ0) is 18.2. The van der Waals surface area contributed by atoms with Gasteiger partial charge in [0.05, 0.1) is 12.8 Å². The average Bonchev–Trinajstić information content (AvgIpc) is 2.57. The summed E-state index contributed by atoms with van der Waals surface area (Å²) < 4.78 is 6.62. The van der Waals surface area contributed by atoms with Gasteiger partial charge in [0.25, 0.3) is 0 Å². The lowest BCUT2D eigenvalue weighted by molar-refractivity contribution is 0.252. The topological polar surface area (TPSA) is 62.7 Å². The van der Waals surface area contributed by atoms with E-state index in [4.69, 9.17) is 4.74 Å². The number of urea groups is 1. The fourth-order valence-electron chi connectivity index (χ4n) is 1.96. The van der Waals surface area contributed by atoms with Crippen LogP contribution in [-0.2, 0) is 0 Å². The number of benzene rings is 2. The van der Waals surface area contributed by atoms with E-state index in [1.54, 1.807) is 6.21 Å². The Labute approximate surface area is 156 Å². The number of hydrogen-bond donors (Lipinski definition) is 2. The van der Waals surface area contributed by atoms with Crippen LogP contribution in [0.1, 0.15) is 25.0 Å². The van der Waals surface area contributed by atoms with E-state index in [0.717, 1.165) is 21.3 Å². The second kappa shape index (κ2) is 9.22. The average molecular weight is 404 g/mol. The summed E-state index contributed by atoms with van der Waals surface area (Å²) >= 11 is 3.42. The Balaban J connectivity index is 1.83. The molecule has 6 heteroatoms. The van der Waals surface area contributed by atoms with Gasteiger partial charge in [-0.05, 0) is 66.4 Å². The zero-order valence-electron chi connectivity index (χ0n) is 14.5. The van der Waals surface area contributed by atoms with Crippen LogP contribution >= 0.6 is 15.9 Å². The number of anilines is 1. The number of halogens is 1. The van der Waals surface area contributed by atoms with Crippen LogP contribution in [0.5, 0.6) is 5.75 Å². The van der Waals surface area contributed by atoms with Crippen molar-refractivity contribution < 1.29 is 9.53 Å². The van der Waals surface area contributed by atoms with Crippen molar-refractivity contribution in [2.45, 2.75) is 20.8 Å². The summed E-state index contributed by atoms with van der Waals surface area (Å²) in [5.41, 5.74) is 5.07. The molecule has 0 atom stereocenters. The monoisotopic (exact) mass is 403 g/mol. The van der Waals surface area contributed by atoms with E-state index >= 15 is 0 Å². The summed E-state index contributed by atoms with van der Waals surface area (Å²) in [6, 6.07) is 12.7. The summed E-state index contributed by atoms with van der Waals surface area (Å²) in [7, 11) is 0. The van der Waals surface area contributed by atoms with Crippen molar-refractivity contribution in [1.82, 2.24) is 5.43 Å². The molecule has 0 saturated carbocycles. The molecule has 132 valence electrons. The van der Waals surface area contributed by atoms with Crippen LogP contribution in [-0.4, -0.2) is 18.9 Å². The first kappa shape index (κ1) is 19.0. The third-order valence-corrected chi connectivity index (χ3v) is 4.15. The van der Waals surface area contributed by atoms with Crippen molar-refractivity contribution >= 4 is 33.9 Å². The van der Waals surface area contributed by atoms with Gasteiger partial charge >= 0.3 is 6.03 Å².